The highest BCUT2D eigenvalue weighted by Gasteiger charge is 2.42. The molecule has 2 N–H and O–H groups in total. The lowest BCUT2D eigenvalue weighted by Crippen LogP contribution is -2.42. The van der Waals surface area contributed by atoms with Gasteiger partial charge in [0.15, 0.2) is 23.1 Å². The number of halogens is 3. The van der Waals surface area contributed by atoms with Crippen LogP contribution in [0.5, 0.6) is 11.5 Å². The third-order valence-electron chi connectivity index (χ3n) is 5.97. The summed E-state index contributed by atoms with van der Waals surface area (Å²) in [6.07, 6.45) is -5.23. The van der Waals surface area contributed by atoms with Gasteiger partial charge in [0.1, 0.15) is 0 Å². The van der Waals surface area contributed by atoms with Gasteiger partial charge in [0.2, 0.25) is 0 Å². The fourth-order valence-electron chi connectivity index (χ4n) is 4.20. The summed E-state index contributed by atoms with van der Waals surface area (Å²) in [7, 11) is 0. The van der Waals surface area contributed by atoms with E-state index in [9.17, 15) is 23.1 Å². The van der Waals surface area contributed by atoms with Crippen LogP contribution in [0.4, 0.5) is 19.0 Å². The molecule has 0 unspecified atom stereocenters. The lowest BCUT2D eigenvalue weighted by molar-refractivity contribution is -0.189. The molecular weight excluding hydrogens is 499 g/mol. The predicted octanol–water partition coefficient (Wildman–Crippen LogP) is 2.77. The monoisotopic (exact) mass is 523 g/mol. The average molecular weight is 524 g/mol. The first kappa shape index (κ1) is 24.7. The van der Waals surface area contributed by atoms with E-state index >= 15 is 0 Å². The Kier molecular flexibility index (Phi) is 6.97. The molecule has 0 atom stereocenters. The largest absolute Gasteiger partial charge is 0.504 e. The predicted molar refractivity (Wildman–Crippen MR) is 127 cm³/mol. The van der Waals surface area contributed by atoms with Crippen molar-refractivity contribution in [1.82, 2.24) is 20.2 Å². The number of alkyl halides is 3. The normalized spacial score (nSPS) is 17.5. The molecule has 13 heteroatoms. The number of fused-ring (bicyclic) bond motifs is 1. The van der Waals surface area contributed by atoms with Crippen LogP contribution in [0.15, 0.2) is 24.3 Å². The third-order valence-corrected chi connectivity index (χ3v) is 7.07. The summed E-state index contributed by atoms with van der Waals surface area (Å²) in [6.45, 7) is 6.66. The number of hydrogen-bond acceptors (Lipinski definition) is 10. The molecule has 3 aromatic rings. The van der Waals surface area contributed by atoms with E-state index in [2.05, 4.69) is 24.9 Å². The first-order valence-electron chi connectivity index (χ1n) is 11.5. The van der Waals surface area contributed by atoms with Gasteiger partial charge in [-0.3, -0.25) is 4.90 Å². The van der Waals surface area contributed by atoms with Crippen molar-refractivity contribution in [3.05, 3.63) is 29.1 Å². The van der Waals surface area contributed by atoms with Crippen LogP contribution < -0.4 is 15.0 Å². The number of benzene rings is 1. The molecule has 192 valence electrons. The number of phenols is 1. The number of esters is 1. The van der Waals surface area contributed by atoms with Crippen molar-refractivity contribution in [3.8, 4) is 22.9 Å². The topological polar surface area (TPSA) is 100 Å². The van der Waals surface area contributed by atoms with Gasteiger partial charge in [0.05, 0.1) is 29.0 Å². The number of anilines is 1. The number of carbonyl (C=O) groups excluding carboxylic acids is 1. The van der Waals surface area contributed by atoms with Crippen molar-refractivity contribution in [2.75, 3.05) is 57.4 Å². The number of ether oxygens (including phenoxy) is 2. The van der Waals surface area contributed by atoms with E-state index in [1.807, 2.05) is 11.0 Å². The Morgan fingerprint density at radius 3 is 2.64 bits per heavy atom. The lowest BCUT2D eigenvalue weighted by atomic mass is 10.1. The van der Waals surface area contributed by atoms with Crippen molar-refractivity contribution < 1.29 is 32.5 Å². The van der Waals surface area contributed by atoms with Crippen molar-refractivity contribution in [3.63, 3.8) is 0 Å². The fraction of sp³-hybridized carbons (Fsp3) is 0.435. The van der Waals surface area contributed by atoms with Crippen molar-refractivity contribution in [1.29, 1.82) is 0 Å². The molecule has 0 radical (unpaired) electrons. The third kappa shape index (κ3) is 5.24. The fourth-order valence-corrected chi connectivity index (χ4v) is 5.36. The quantitative estimate of drug-likeness (QED) is 0.386. The highest BCUT2D eigenvalue weighted by molar-refractivity contribution is 7.19. The summed E-state index contributed by atoms with van der Waals surface area (Å²) in [4.78, 5) is 26.3. The number of rotatable bonds is 5. The standard InChI is InChI=1S/C23H24F3N5O4S/c24-23(25,26)22(33)35-18-15(2-1-3-17(18)32)20-28-16-12-14(13-30-6-4-27-5-7-30)36-19(16)21(29-20)31-8-10-34-11-9-31/h1-3,12,27,32H,4-11,13H2. The van der Waals surface area contributed by atoms with Crippen LogP contribution >= 0.6 is 11.3 Å². The number of aromatic hydroxyl groups is 1. The first-order chi connectivity index (χ1) is 17.3. The number of nitrogens with one attached hydrogen (secondary N) is 1. The number of carbonyl (C=O) groups is 1. The summed E-state index contributed by atoms with van der Waals surface area (Å²) in [5.74, 6) is -3.01. The van der Waals surface area contributed by atoms with Crippen LogP contribution in [0.3, 0.4) is 0 Å². The molecule has 2 aliphatic rings. The van der Waals surface area contributed by atoms with Crippen LogP contribution in [0, 0.1) is 0 Å². The van der Waals surface area contributed by atoms with Gasteiger partial charge in [-0.1, -0.05) is 6.07 Å². The number of para-hydroxylation sites is 1. The number of thiophene rings is 1. The summed E-state index contributed by atoms with van der Waals surface area (Å²) in [5.41, 5.74) is 0.618. The molecule has 2 aliphatic heterocycles. The van der Waals surface area contributed by atoms with Crippen LogP contribution in [-0.4, -0.2) is 84.6 Å². The van der Waals surface area contributed by atoms with Gasteiger partial charge in [-0.05, 0) is 18.2 Å². The van der Waals surface area contributed by atoms with Gasteiger partial charge in [0.25, 0.3) is 0 Å². The van der Waals surface area contributed by atoms with Crippen LogP contribution in [0.25, 0.3) is 21.6 Å². The number of hydrogen-bond donors (Lipinski definition) is 2. The number of piperazine rings is 1. The molecule has 5 rings (SSSR count). The molecule has 9 nitrogen and oxygen atoms in total. The number of aromatic nitrogens is 2. The molecule has 2 aromatic heterocycles. The number of phenolic OH excluding ortho intramolecular Hbond substituents is 1. The zero-order chi connectivity index (χ0) is 25.3. The molecular formula is C23H24F3N5O4S. The minimum atomic E-state index is -5.23. The number of morpholine rings is 1. The van der Waals surface area contributed by atoms with E-state index in [1.165, 1.54) is 12.1 Å². The minimum absolute atomic E-state index is 0.0149. The van der Waals surface area contributed by atoms with E-state index < -0.39 is 23.6 Å². The Bertz CT molecular complexity index is 1260. The summed E-state index contributed by atoms with van der Waals surface area (Å²) in [6, 6.07) is 5.94. The molecule has 36 heavy (non-hydrogen) atoms. The second-order valence-corrected chi connectivity index (χ2v) is 9.60. The van der Waals surface area contributed by atoms with E-state index in [1.54, 1.807) is 11.3 Å². The van der Waals surface area contributed by atoms with Gasteiger partial charge >= 0.3 is 12.1 Å². The molecule has 1 aromatic carbocycles. The molecule has 2 fully saturated rings. The minimum Gasteiger partial charge on any atom is -0.504 e. The number of nitrogens with zero attached hydrogens (tertiary/aromatic N) is 4. The smallest absolute Gasteiger partial charge is 0.491 e. The van der Waals surface area contributed by atoms with E-state index in [0.29, 0.717) is 37.6 Å². The average Bonchev–Trinajstić information content (AvgIpc) is 3.27. The van der Waals surface area contributed by atoms with Crippen molar-refractivity contribution >= 4 is 33.3 Å². The molecule has 0 saturated carbocycles. The highest BCUT2D eigenvalue weighted by Crippen LogP contribution is 2.40. The van der Waals surface area contributed by atoms with E-state index in [4.69, 9.17) is 4.74 Å². The van der Waals surface area contributed by atoms with Crippen molar-refractivity contribution in [2.24, 2.45) is 0 Å². The van der Waals surface area contributed by atoms with Gasteiger partial charge in [-0.25, -0.2) is 14.8 Å². The SMILES string of the molecule is O=C(Oc1c(O)cccc1-c1nc(N2CCOCC2)c2sc(CN3CCNCC3)cc2n1)C(F)(F)F. The molecule has 0 amide bonds. The Balaban J connectivity index is 1.58. The van der Waals surface area contributed by atoms with Crippen LogP contribution in [-0.2, 0) is 16.1 Å². The van der Waals surface area contributed by atoms with Gasteiger partial charge < -0.3 is 24.8 Å². The van der Waals surface area contributed by atoms with Crippen LogP contribution in [0.1, 0.15) is 4.88 Å². The Morgan fingerprint density at radius 2 is 1.92 bits per heavy atom. The maximum absolute atomic E-state index is 12.9. The maximum Gasteiger partial charge on any atom is 0.491 e. The van der Waals surface area contributed by atoms with Crippen LogP contribution in [0.2, 0.25) is 0 Å². The zero-order valence-corrected chi connectivity index (χ0v) is 20.0. The first-order valence-corrected chi connectivity index (χ1v) is 12.3. The molecule has 0 bridgehead atoms. The van der Waals surface area contributed by atoms with Crippen molar-refractivity contribution in [2.45, 2.75) is 12.7 Å². The maximum atomic E-state index is 12.9. The Hall–Kier alpha value is -3.00. The Labute approximate surface area is 208 Å². The summed E-state index contributed by atoms with van der Waals surface area (Å²) >= 11 is 1.58. The van der Waals surface area contributed by atoms with Gasteiger partial charge in [-0.15, -0.1) is 11.3 Å². The molecule has 0 spiro atoms. The van der Waals surface area contributed by atoms with E-state index in [-0.39, 0.29) is 11.4 Å². The molecule has 4 heterocycles. The second-order valence-electron chi connectivity index (χ2n) is 8.46. The second kappa shape index (κ2) is 10.2. The summed E-state index contributed by atoms with van der Waals surface area (Å²) < 4.78 is 49.6. The van der Waals surface area contributed by atoms with Gasteiger partial charge in [0, 0.05) is 50.7 Å². The molecule has 2 saturated heterocycles. The molecule has 0 aliphatic carbocycles. The lowest BCUT2D eigenvalue weighted by Gasteiger charge is -2.28. The highest BCUT2D eigenvalue weighted by atomic mass is 32.1. The Morgan fingerprint density at radius 1 is 1.17 bits per heavy atom. The van der Waals surface area contributed by atoms with E-state index in [0.717, 1.165) is 48.4 Å². The van der Waals surface area contributed by atoms with Gasteiger partial charge in [-0.2, -0.15) is 13.2 Å². The summed E-state index contributed by atoms with van der Waals surface area (Å²) in [5, 5.41) is 13.6. The zero-order valence-electron chi connectivity index (χ0n) is 19.2.